The Hall–Kier alpha value is -3.49. The summed E-state index contributed by atoms with van der Waals surface area (Å²) in [6.45, 7) is 2.02. The molecule has 0 aliphatic heterocycles. The number of nitrogens with zero attached hydrogens (tertiary/aromatic N) is 3. The summed E-state index contributed by atoms with van der Waals surface area (Å²) in [5, 5.41) is 11.0. The number of aromatic amines is 1. The van der Waals surface area contributed by atoms with Gasteiger partial charge in [0.25, 0.3) is 0 Å². The highest BCUT2D eigenvalue weighted by Crippen LogP contribution is 2.24. The molecular formula is C15H15N7O2. The molecule has 0 radical (unpaired) electrons. The average Bonchev–Trinajstić information content (AvgIpc) is 3.02. The minimum absolute atomic E-state index is 0.273. The van der Waals surface area contributed by atoms with Gasteiger partial charge in [-0.05, 0) is 19.1 Å². The molecule has 24 heavy (non-hydrogen) atoms. The molecule has 3 aromatic rings. The third-order valence-corrected chi connectivity index (χ3v) is 3.29. The first-order valence-corrected chi connectivity index (χ1v) is 7.16. The number of nitrogens with one attached hydrogen (secondary N) is 3. The van der Waals surface area contributed by atoms with E-state index in [1.54, 1.807) is 19.1 Å². The molecule has 9 heteroatoms. The Morgan fingerprint density at radius 2 is 2.25 bits per heavy atom. The van der Waals surface area contributed by atoms with Crippen LogP contribution in [0.3, 0.4) is 0 Å². The van der Waals surface area contributed by atoms with Gasteiger partial charge in [-0.25, -0.2) is 19.7 Å². The topological polar surface area (TPSA) is 143 Å². The maximum Gasteiger partial charge on any atom is 0.354 e. The number of hydrogen-bond donors (Lipinski definition) is 4. The normalized spacial score (nSPS) is 10.5. The Morgan fingerprint density at radius 3 is 3.00 bits per heavy atom. The molecule has 5 N–H and O–H groups in total. The zero-order valence-corrected chi connectivity index (χ0v) is 12.8. The molecule has 0 saturated carbocycles. The van der Waals surface area contributed by atoms with Crippen LogP contribution in [0.4, 0.5) is 17.3 Å². The van der Waals surface area contributed by atoms with Gasteiger partial charge in [-0.2, -0.15) is 0 Å². The van der Waals surface area contributed by atoms with Crippen LogP contribution in [0.25, 0.3) is 11.0 Å². The fourth-order valence-electron chi connectivity index (χ4n) is 2.17. The summed E-state index contributed by atoms with van der Waals surface area (Å²) in [5.74, 6) is 0.311. The number of nitrogens with two attached hydrogens (primary N) is 1. The number of carbonyl (C=O) groups is 1. The quantitative estimate of drug-likeness (QED) is 0.414. The Balaban J connectivity index is 1.97. The second-order valence-electron chi connectivity index (χ2n) is 4.86. The zero-order chi connectivity index (χ0) is 17.1. The molecule has 0 aromatic carbocycles. The number of hydrogen-bond acceptors (Lipinski definition) is 8. The van der Waals surface area contributed by atoms with Gasteiger partial charge in [0, 0.05) is 11.8 Å². The van der Waals surface area contributed by atoms with Crippen molar-refractivity contribution in [3.8, 4) is 0 Å². The Labute approximate surface area is 136 Å². The summed E-state index contributed by atoms with van der Waals surface area (Å²) in [5.41, 5.74) is 7.58. The monoisotopic (exact) mass is 325 g/mol. The molecule has 3 aromatic heterocycles. The van der Waals surface area contributed by atoms with Crippen molar-refractivity contribution in [3.63, 3.8) is 0 Å². The first-order chi connectivity index (χ1) is 11.6. The van der Waals surface area contributed by atoms with Crippen LogP contribution in [0.15, 0.2) is 24.7 Å². The summed E-state index contributed by atoms with van der Waals surface area (Å²) < 4.78 is 4.97. The predicted molar refractivity (Wildman–Crippen MR) is 89.7 cm³/mol. The van der Waals surface area contributed by atoms with E-state index in [4.69, 9.17) is 15.9 Å². The number of anilines is 3. The van der Waals surface area contributed by atoms with Crippen molar-refractivity contribution < 1.29 is 9.53 Å². The van der Waals surface area contributed by atoms with Crippen molar-refractivity contribution in [2.45, 2.75) is 6.92 Å². The number of pyridine rings is 1. The Kier molecular flexibility index (Phi) is 4.06. The van der Waals surface area contributed by atoms with E-state index < -0.39 is 5.97 Å². The summed E-state index contributed by atoms with van der Waals surface area (Å²) in [6, 6.07) is 3.31. The van der Waals surface area contributed by atoms with Crippen LogP contribution >= 0.6 is 0 Å². The average molecular weight is 325 g/mol. The SMILES string of the molecule is CCOC(=O)c1cc2c(Nc3cnc(N)c(C=N)c3)ncnc2[nH]1. The molecule has 0 aliphatic carbocycles. The second kappa shape index (κ2) is 6.32. The summed E-state index contributed by atoms with van der Waals surface area (Å²) >= 11 is 0. The standard InChI is InChI=1S/C15H15N7O2/c1-2-24-15(23)11-4-10-13(19-7-20-14(10)22-11)21-9-3-8(5-16)12(17)18-6-9/h3-7,16H,2H2,1H3,(H2,17,18)(H2,19,20,21,22). The number of rotatable bonds is 5. The Morgan fingerprint density at radius 1 is 1.42 bits per heavy atom. The molecule has 3 rings (SSSR count). The summed E-state index contributed by atoms with van der Waals surface area (Å²) in [4.78, 5) is 27.1. The molecule has 0 amide bonds. The van der Waals surface area contributed by atoms with Crippen molar-refractivity contribution >= 4 is 40.5 Å². The molecule has 0 bridgehead atoms. The van der Waals surface area contributed by atoms with E-state index in [2.05, 4.69) is 25.3 Å². The van der Waals surface area contributed by atoms with E-state index in [1.807, 2.05) is 0 Å². The van der Waals surface area contributed by atoms with Crippen molar-refractivity contribution in [1.29, 1.82) is 5.41 Å². The minimum Gasteiger partial charge on any atom is -0.461 e. The van der Waals surface area contributed by atoms with Crippen LogP contribution in [-0.4, -0.2) is 38.7 Å². The number of fused-ring (bicyclic) bond motifs is 1. The first-order valence-electron chi connectivity index (χ1n) is 7.16. The molecule has 0 saturated heterocycles. The first kappa shape index (κ1) is 15.4. The lowest BCUT2D eigenvalue weighted by Crippen LogP contribution is -2.04. The van der Waals surface area contributed by atoms with Crippen LogP contribution in [0.2, 0.25) is 0 Å². The van der Waals surface area contributed by atoms with E-state index in [1.165, 1.54) is 12.5 Å². The third-order valence-electron chi connectivity index (χ3n) is 3.29. The van der Waals surface area contributed by atoms with Crippen molar-refractivity contribution in [1.82, 2.24) is 19.9 Å². The number of ether oxygens (including phenoxy) is 1. The maximum absolute atomic E-state index is 11.8. The maximum atomic E-state index is 11.8. The smallest absolute Gasteiger partial charge is 0.354 e. The molecule has 0 atom stereocenters. The molecule has 0 unspecified atom stereocenters. The number of aromatic nitrogens is 4. The van der Waals surface area contributed by atoms with Gasteiger partial charge < -0.3 is 26.2 Å². The van der Waals surface area contributed by atoms with Gasteiger partial charge in [-0.15, -0.1) is 0 Å². The van der Waals surface area contributed by atoms with Crippen LogP contribution in [0.5, 0.6) is 0 Å². The number of carbonyl (C=O) groups excluding carboxylic acids is 1. The van der Waals surface area contributed by atoms with Crippen LogP contribution in [-0.2, 0) is 4.74 Å². The largest absolute Gasteiger partial charge is 0.461 e. The molecule has 0 aliphatic rings. The van der Waals surface area contributed by atoms with E-state index in [0.717, 1.165) is 6.21 Å². The van der Waals surface area contributed by atoms with E-state index in [0.29, 0.717) is 33.8 Å². The third kappa shape index (κ3) is 2.86. The summed E-state index contributed by atoms with van der Waals surface area (Å²) in [6.07, 6.45) is 4.03. The molecule has 0 spiro atoms. The van der Waals surface area contributed by atoms with Gasteiger partial charge in [-0.3, -0.25) is 0 Å². The fraction of sp³-hybridized carbons (Fsp3) is 0.133. The van der Waals surface area contributed by atoms with Gasteiger partial charge in [0.05, 0.1) is 23.9 Å². The van der Waals surface area contributed by atoms with Crippen LogP contribution < -0.4 is 11.1 Å². The molecule has 0 fully saturated rings. The lowest BCUT2D eigenvalue weighted by Gasteiger charge is -2.07. The molecule has 3 heterocycles. The summed E-state index contributed by atoms with van der Waals surface area (Å²) in [7, 11) is 0. The highest BCUT2D eigenvalue weighted by atomic mass is 16.5. The lowest BCUT2D eigenvalue weighted by molar-refractivity contribution is 0.0520. The van der Waals surface area contributed by atoms with Gasteiger partial charge in [0.15, 0.2) is 0 Å². The number of nitrogen functional groups attached to an aromatic ring is 1. The lowest BCUT2D eigenvalue weighted by atomic mass is 10.2. The number of H-pyrrole nitrogens is 1. The van der Waals surface area contributed by atoms with Gasteiger partial charge in [0.1, 0.15) is 29.3 Å². The van der Waals surface area contributed by atoms with Gasteiger partial charge in [0.2, 0.25) is 0 Å². The number of esters is 1. The van der Waals surface area contributed by atoms with Crippen molar-refractivity contribution in [2.24, 2.45) is 0 Å². The molecule has 122 valence electrons. The van der Waals surface area contributed by atoms with Gasteiger partial charge in [-0.1, -0.05) is 0 Å². The van der Waals surface area contributed by atoms with Crippen molar-refractivity contribution in [2.75, 3.05) is 17.7 Å². The second-order valence-corrected chi connectivity index (χ2v) is 4.86. The minimum atomic E-state index is -0.457. The van der Waals surface area contributed by atoms with Crippen molar-refractivity contribution in [3.05, 3.63) is 35.9 Å². The molecule has 9 nitrogen and oxygen atoms in total. The molecular weight excluding hydrogens is 310 g/mol. The van der Waals surface area contributed by atoms with E-state index in [9.17, 15) is 4.79 Å². The van der Waals surface area contributed by atoms with Crippen LogP contribution in [0.1, 0.15) is 23.0 Å². The van der Waals surface area contributed by atoms with Crippen LogP contribution in [0, 0.1) is 5.41 Å². The highest BCUT2D eigenvalue weighted by molar-refractivity contribution is 5.98. The fourth-order valence-corrected chi connectivity index (χ4v) is 2.17. The highest BCUT2D eigenvalue weighted by Gasteiger charge is 2.14. The van der Waals surface area contributed by atoms with Gasteiger partial charge >= 0.3 is 5.97 Å². The van der Waals surface area contributed by atoms with E-state index in [-0.39, 0.29) is 12.4 Å². The van der Waals surface area contributed by atoms with E-state index >= 15 is 0 Å². The zero-order valence-electron chi connectivity index (χ0n) is 12.8. The Bertz CT molecular complexity index is 919. The predicted octanol–water partition coefficient (Wildman–Crippen LogP) is 1.85.